The number of hydrogen-bond donors (Lipinski definition) is 1. The summed E-state index contributed by atoms with van der Waals surface area (Å²) in [6.07, 6.45) is 9.37. The van der Waals surface area contributed by atoms with Gasteiger partial charge in [-0.15, -0.1) is 0 Å². The van der Waals surface area contributed by atoms with E-state index in [0.717, 1.165) is 85.7 Å². The van der Waals surface area contributed by atoms with Gasteiger partial charge in [0.05, 0.1) is 30.1 Å². The van der Waals surface area contributed by atoms with E-state index in [0.29, 0.717) is 12.0 Å². The van der Waals surface area contributed by atoms with Crippen LogP contribution in [0.25, 0.3) is 33.4 Å². The Balaban J connectivity index is 1.28. The highest BCUT2D eigenvalue weighted by atomic mass is 16.6. The molecule has 1 amide bonds. The molecule has 8 nitrogen and oxygen atoms in total. The van der Waals surface area contributed by atoms with Crippen molar-refractivity contribution in [2.24, 2.45) is 13.0 Å². The van der Waals surface area contributed by atoms with Gasteiger partial charge in [-0.2, -0.15) is 5.10 Å². The Hall–Kier alpha value is -3.78. The third kappa shape index (κ3) is 5.33. The topological polar surface area (TPSA) is 79.5 Å². The van der Waals surface area contributed by atoms with Gasteiger partial charge in [0.15, 0.2) is 0 Å². The number of aromatic nitrogens is 3. The minimum atomic E-state index is -0.396. The number of nitrogens with zero attached hydrogens (tertiary/aromatic N) is 3. The van der Waals surface area contributed by atoms with Gasteiger partial charge < -0.3 is 18.8 Å². The Labute approximate surface area is 240 Å². The lowest BCUT2D eigenvalue weighted by molar-refractivity contribution is 0.0256. The van der Waals surface area contributed by atoms with Crippen LogP contribution in [0.1, 0.15) is 57.9 Å². The smallest absolute Gasteiger partial charge is 0.411 e. The molecule has 1 N–H and O–H groups in total. The van der Waals surface area contributed by atoms with E-state index in [2.05, 4.69) is 46.3 Å². The summed E-state index contributed by atoms with van der Waals surface area (Å²) in [4.78, 5) is 12.5. The summed E-state index contributed by atoms with van der Waals surface area (Å²) in [5.41, 5.74) is 6.22. The lowest BCUT2D eigenvalue weighted by Gasteiger charge is -2.30. The maximum atomic E-state index is 12.5. The molecule has 0 radical (unpaired) electrons. The summed E-state index contributed by atoms with van der Waals surface area (Å²) in [6.45, 7) is 3.47. The number of rotatable bonds is 8. The first kappa shape index (κ1) is 26.1. The van der Waals surface area contributed by atoms with Crippen molar-refractivity contribution < 1.29 is 19.0 Å². The van der Waals surface area contributed by atoms with Crippen LogP contribution in [-0.2, 0) is 16.5 Å². The fraction of sp³-hybridized carbons (Fsp3) is 0.455. The SMILES string of the molecule is CC(OC(=O)Nc1ccc(-c2c(-c3ccn(C)n3)c3ccc(OC4CCOCC4)cc3n2C2CCC2)cc1)C1CC1. The number of amides is 1. The van der Waals surface area contributed by atoms with Crippen molar-refractivity contribution in [2.75, 3.05) is 18.5 Å². The molecule has 4 aromatic rings. The second-order valence-electron chi connectivity index (χ2n) is 11.8. The zero-order chi connectivity index (χ0) is 27.9. The van der Waals surface area contributed by atoms with Crippen molar-refractivity contribution in [1.29, 1.82) is 0 Å². The summed E-state index contributed by atoms with van der Waals surface area (Å²) in [6, 6.07) is 17.1. The second-order valence-corrected chi connectivity index (χ2v) is 11.8. The molecule has 41 heavy (non-hydrogen) atoms. The first-order valence-electron chi connectivity index (χ1n) is 15.0. The first-order valence-corrected chi connectivity index (χ1v) is 15.0. The number of nitrogens with one attached hydrogen (secondary N) is 1. The molecule has 214 valence electrons. The first-order chi connectivity index (χ1) is 20.0. The molecule has 2 aliphatic carbocycles. The lowest BCUT2D eigenvalue weighted by atomic mass is 9.92. The third-order valence-corrected chi connectivity index (χ3v) is 8.84. The van der Waals surface area contributed by atoms with E-state index in [1.165, 1.54) is 17.3 Å². The Morgan fingerprint density at radius 2 is 1.80 bits per heavy atom. The molecule has 3 heterocycles. The fourth-order valence-corrected chi connectivity index (χ4v) is 6.15. The number of aryl methyl sites for hydroxylation is 1. The third-order valence-electron chi connectivity index (χ3n) is 8.84. The van der Waals surface area contributed by atoms with E-state index in [4.69, 9.17) is 19.3 Å². The molecule has 1 aliphatic heterocycles. The molecule has 0 spiro atoms. The van der Waals surface area contributed by atoms with Gasteiger partial charge in [-0.1, -0.05) is 12.1 Å². The van der Waals surface area contributed by atoms with Gasteiger partial charge in [0.1, 0.15) is 18.0 Å². The van der Waals surface area contributed by atoms with E-state index < -0.39 is 6.09 Å². The average Bonchev–Trinajstić information content (AvgIpc) is 3.64. The highest BCUT2D eigenvalue weighted by molar-refractivity contribution is 6.04. The van der Waals surface area contributed by atoms with Crippen LogP contribution in [0.2, 0.25) is 0 Å². The van der Waals surface area contributed by atoms with E-state index in [1.807, 2.05) is 37.0 Å². The summed E-state index contributed by atoms with van der Waals surface area (Å²) >= 11 is 0. The molecule has 1 saturated heterocycles. The molecule has 1 unspecified atom stereocenters. The van der Waals surface area contributed by atoms with Crippen molar-refractivity contribution in [3.63, 3.8) is 0 Å². The largest absolute Gasteiger partial charge is 0.490 e. The van der Waals surface area contributed by atoms with E-state index in [1.54, 1.807) is 0 Å². The molecule has 3 fully saturated rings. The molecular weight excluding hydrogens is 516 g/mol. The highest BCUT2D eigenvalue weighted by Gasteiger charge is 2.31. The van der Waals surface area contributed by atoms with Crippen LogP contribution in [0, 0.1) is 5.92 Å². The lowest BCUT2D eigenvalue weighted by Crippen LogP contribution is -2.25. The van der Waals surface area contributed by atoms with Crippen molar-refractivity contribution in [3.8, 4) is 28.3 Å². The molecular formula is C33H38N4O4. The van der Waals surface area contributed by atoms with Crippen molar-refractivity contribution in [3.05, 3.63) is 54.7 Å². The summed E-state index contributed by atoms with van der Waals surface area (Å²) in [7, 11) is 1.96. The average molecular weight is 555 g/mol. The van der Waals surface area contributed by atoms with Gasteiger partial charge in [0.25, 0.3) is 0 Å². The van der Waals surface area contributed by atoms with Crippen LogP contribution in [0.3, 0.4) is 0 Å². The van der Waals surface area contributed by atoms with E-state index >= 15 is 0 Å². The zero-order valence-electron chi connectivity index (χ0n) is 23.8. The number of benzene rings is 2. The van der Waals surface area contributed by atoms with Gasteiger partial charge in [0.2, 0.25) is 0 Å². The Kier molecular flexibility index (Phi) is 6.95. The molecule has 3 aliphatic rings. The number of fused-ring (bicyclic) bond motifs is 1. The van der Waals surface area contributed by atoms with Crippen LogP contribution in [-0.4, -0.2) is 45.9 Å². The number of ether oxygens (including phenoxy) is 3. The number of carbonyl (C=O) groups excluding carboxylic acids is 1. The maximum absolute atomic E-state index is 12.5. The Morgan fingerprint density at radius 1 is 1.02 bits per heavy atom. The van der Waals surface area contributed by atoms with Crippen LogP contribution >= 0.6 is 0 Å². The van der Waals surface area contributed by atoms with Crippen molar-refractivity contribution in [1.82, 2.24) is 14.3 Å². The molecule has 2 aromatic carbocycles. The predicted octanol–water partition coefficient (Wildman–Crippen LogP) is 7.34. The normalized spacial score (nSPS) is 18.7. The molecule has 0 bridgehead atoms. The fourth-order valence-electron chi connectivity index (χ4n) is 6.15. The van der Waals surface area contributed by atoms with Crippen LogP contribution in [0.15, 0.2) is 54.7 Å². The molecule has 7 rings (SSSR count). The minimum absolute atomic E-state index is 0.0475. The Bertz CT molecular complexity index is 1540. The van der Waals surface area contributed by atoms with Crippen molar-refractivity contribution >= 4 is 22.7 Å². The molecule has 8 heteroatoms. The van der Waals surface area contributed by atoms with Crippen molar-refractivity contribution in [2.45, 2.75) is 70.1 Å². The maximum Gasteiger partial charge on any atom is 0.411 e. The number of anilines is 1. The summed E-state index contributed by atoms with van der Waals surface area (Å²) < 4.78 is 21.9. The standard InChI is InChI=1S/C33H38N4O4/c1-21(22-6-7-22)40-33(38)34-24-10-8-23(9-11-24)32-31(29-14-17-36(2)35-29)28-13-12-27(41-26-15-18-39-19-16-26)20-30(28)37(32)25-4-3-5-25/h8-14,17,20-22,25-26H,3-7,15-16,18-19H2,1-2H3,(H,34,38). The van der Waals surface area contributed by atoms with Crippen LogP contribution in [0.5, 0.6) is 5.75 Å². The number of carbonyl (C=O) groups is 1. The predicted molar refractivity (Wildman–Crippen MR) is 159 cm³/mol. The van der Waals surface area contributed by atoms with E-state index in [-0.39, 0.29) is 12.2 Å². The second kappa shape index (κ2) is 10.9. The van der Waals surface area contributed by atoms with Gasteiger partial charge >= 0.3 is 6.09 Å². The monoisotopic (exact) mass is 554 g/mol. The molecule has 2 saturated carbocycles. The highest BCUT2D eigenvalue weighted by Crippen LogP contribution is 2.47. The zero-order valence-corrected chi connectivity index (χ0v) is 23.8. The number of hydrogen-bond acceptors (Lipinski definition) is 5. The van der Waals surface area contributed by atoms with E-state index in [9.17, 15) is 4.79 Å². The van der Waals surface area contributed by atoms with Gasteiger partial charge in [-0.25, -0.2) is 4.79 Å². The van der Waals surface area contributed by atoms with Crippen LogP contribution < -0.4 is 10.1 Å². The minimum Gasteiger partial charge on any atom is -0.490 e. The van der Waals surface area contributed by atoms with Gasteiger partial charge in [-0.05, 0) is 80.8 Å². The van der Waals surface area contributed by atoms with Crippen LogP contribution in [0.4, 0.5) is 10.5 Å². The molecule has 1 atom stereocenters. The summed E-state index contributed by atoms with van der Waals surface area (Å²) in [5, 5.41) is 8.92. The molecule has 2 aromatic heterocycles. The Morgan fingerprint density at radius 3 is 2.46 bits per heavy atom. The summed E-state index contributed by atoms with van der Waals surface area (Å²) in [5.74, 6) is 1.41. The van der Waals surface area contributed by atoms with Gasteiger partial charge in [0, 0.05) is 54.8 Å². The van der Waals surface area contributed by atoms with Gasteiger partial charge in [-0.3, -0.25) is 10.00 Å². The quantitative estimate of drug-likeness (QED) is 0.247.